The molecule has 110 valence electrons. The van der Waals surface area contributed by atoms with Crippen LogP contribution in [-0.2, 0) is 0 Å². The molecule has 1 aromatic carbocycles. The molecule has 0 saturated heterocycles. The fourth-order valence-electron chi connectivity index (χ4n) is 3.70. The van der Waals surface area contributed by atoms with E-state index in [4.69, 9.17) is 0 Å². The quantitative estimate of drug-likeness (QED) is 0.863. The third-order valence-electron chi connectivity index (χ3n) is 4.31. The Morgan fingerprint density at radius 2 is 2.05 bits per heavy atom. The van der Waals surface area contributed by atoms with Crippen molar-refractivity contribution in [2.24, 2.45) is 11.3 Å². The molecule has 2 rings (SSSR count). The van der Waals surface area contributed by atoms with Crippen molar-refractivity contribution >= 4 is 11.7 Å². The summed E-state index contributed by atoms with van der Waals surface area (Å²) < 4.78 is 0. The zero-order valence-electron chi connectivity index (χ0n) is 12.9. The lowest BCUT2D eigenvalue weighted by molar-refractivity contribution is 0.0696. The van der Waals surface area contributed by atoms with Crippen molar-refractivity contribution in [3.63, 3.8) is 0 Å². The van der Waals surface area contributed by atoms with Crippen LogP contribution in [0.1, 0.15) is 56.0 Å². The first-order valence-corrected chi connectivity index (χ1v) is 7.38. The molecule has 1 aliphatic carbocycles. The number of benzene rings is 1. The number of hydrogen-bond acceptors (Lipinski definition) is 2. The number of hydrogen-bond donors (Lipinski definition) is 2. The molecule has 2 N–H and O–H groups in total. The Labute approximate surface area is 121 Å². The number of rotatable bonds is 3. The second kappa shape index (κ2) is 5.47. The van der Waals surface area contributed by atoms with E-state index in [0.29, 0.717) is 22.9 Å². The average molecular weight is 275 g/mol. The molecule has 1 fully saturated rings. The van der Waals surface area contributed by atoms with Crippen LogP contribution in [0.4, 0.5) is 5.69 Å². The smallest absolute Gasteiger partial charge is 0.336 e. The summed E-state index contributed by atoms with van der Waals surface area (Å²) in [5, 5.41) is 12.8. The second-order valence-electron chi connectivity index (χ2n) is 7.04. The van der Waals surface area contributed by atoms with Crippen molar-refractivity contribution in [3.8, 4) is 0 Å². The maximum absolute atomic E-state index is 11.2. The van der Waals surface area contributed by atoms with Gasteiger partial charge in [0.25, 0.3) is 0 Å². The first-order valence-electron chi connectivity index (χ1n) is 7.38. The van der Waals surface area contributed by atoms with E-state index in [-0.39, 0.29) is 0 Å². The number of aromatic carboxylic acids is 1. The molecule has 2 unspecified atom stereocenters. The first kappa shape index (κ1) is 14.9. The van der Waals surface area contributed by atoms with Crippen LogP contribution in [0, 0.1) is 18.3 Å². The Morgan fingerprint density at radius 1 is 1.35 bits per heavy atom. The minimum absolute atomic E-state index is 0.355. The number of carbonyl (C=O) groups is 1. The van der Waals surface area contributed by atoms with Gasteiger partial charge in [-0.05, 0) is 55.2 Å². The number of carboxylic acid groups (broad SMARTS) is 1. The Morgan fingerprint density at radius 3 is 2.65 bits per heavy atom. The highest BCUT2D eigenvalue weighted by atomic mass is 16.4. The van der Waals surface area contributed by atoms with Gasteiger partial charge >= 0.3 is 5.97 Å². The maximum atomic E-state index is 11.2. The lowest BCUT2D eigenvalue weighted by Crippen LogP contribution is -2.35. The van der Waals surface area contributed by atoms with Gasteiger partial charge in [0.2, 0.25) is 0 Å². The van der Waals surface area contributed by atoms with Gasteiger partial charge in [-0.1, -0.05) is 26.8 Å². The Bertz CT molecular complexity index is 508. The van der Waals surface area contributed by atoms with Gasteiger partial charge in [0.15, 0.2) is 0 Å². The van der Waals surface area contributed by atoms with Crippen LogP contribution in [0.15, 0.2) is 18.2 Å². The van der Waals surface area contributed by atoms with Gasteiger partial charge < -0.3 is 10.4 Å². The number of nitrogens with one attached hydrogen (secondary N) is 1. The third-order valence-corrected chi connectivity index (χ3v) is 4.31. The molecule has 3 nitrogen and oxygen atoms in total. The largest absolute Gasteiger partial charge is 0.478 e. The SMILES string of the molecule is Cc1c(NC2CC(C)CC(C)(C)C2)cccc1C(=O)O. The zero-order chi connectivity index (χ0) is 14.9. The lowest BCUT2D eigenvalue weighted by atomic mass is 9.70. The molecule has 20 heavy (non-hydrogen) atoms. The predicted octanol–water partition coefficient (Wildman–Crippen LogP) is 4.32. The van der Waals surface area contributed by atoms with Crippen LogP contribution in [0.2, 0.25) is 0 Å². The molecule has 1 saturated carbocycles. The normalized spacial score (nSPS) is 25.2. The topological polar surface area (TPSA) is 49.3 Å². The van der Waals surface area contributed by atoms with Crippen LogP contribution in [0.5, 0.6) is 0 Å². The summed E-state index contributed by atoms with van der Waals surface area (Å²) in [7, 11) is 0. The molecule has 1 aromatic rings. The molecule has 0 spiro atoms. The Kier molecular flexibility index (Phi) is 4.07. The van der Waals surface area contributed by atoms with E-state index in [9.17, 15) is 9.90 Å². The van der Waals surface area contributed by atoms with Crippen LogP contribution >= 0.6 is 0 Å². The van der Waals surface area contributed by atoms with Crippen LogP contribution in [-0.4, -0.2) is 17.1 Å². The molecule has 0 heterocycles. The number of anilines is 1. The van der Waals surface area contributed by atoms with Crippen molar-refractivity contribution in [3.05, 3.63) is 29.3 Å². The van der Waals surface area contributed by atoms with Gasteiger partial charge in [-0.25, -0.2) is 4.79 Å². The molecule has 1 aliphatic rings. The minimum atomic E-state index is -0.858. The number of carboxylic acids is 1. The minimum Gasteiger partial charge on any atom is -0.478 e. The second-order valence-corrected chi connectivity index (χ2v) is 7.04. The van der Waals surface area contributed by atoms with Crippen molar-refractivity contribution in [1.82, 2.24) is 0 Å². The molecule has 0 bridgehead atoms. The highest BCUT2D eigenvalue weighted by Crippen LogP contribution is 2.39. The standard InChI is InChI=1S/C17H25NO2/c1-11-8-13(10-17(3,4)9-11)18-15-7-5-6-14(12(15)2)16(19)20/h5-7,11,13,18H,8-10H2,1-4H3,(H,19,20). The molecule has 0 aliphatic heterocycles. The van der Waals surface area contributed by atoms with Gasteiger partial charge in [0, 0.05) is 11.7 Å². The van der Waals surface area contributed by atoms with E-state index in [0.717, 1.165) is 24.1 Å². The van der Waals surface area contributed by atoms with Crippen LogP contribution in [0.25, 0.3) is 0 Å². The van der Waals surface area contributed by atoms with E-state index in [1.807, 2.05) is 19.1 Å². The summed E-state index contributed by atoms with van der Waals surface area (Å²) in [4.78, 5) is 11.2. The summed E-state index contributed by atoms with van der Waals surface area (Å²) in [6.45, 7) is 8.81. The molecule has 3 heteroatoms. The van der Waals surface area contributed by atoms with E-state index in [1.54, 1.807) is 6.07 Å². The van der Waals surface area contributed by atoms with Gasteiger partial charge in [0.05, 0.1) is 5.56 Å². The van der Waals surface area contributed by atoms with E-state index >= 15 is 0 Å². The van der Waals surface area contributed by atoms with Crippen molar-refractivity contribution in [2.45, 2.75) is 53.0 Å². The maximum Gasteiger partial charge on any atom is 0.336 e. The highest BCUT2D eigenvalue weighted by Gasteiger charge is 2.32. The molecule has 0 radical (unpaired) electrons. The lowest BCUT2D eigenvalue weighted by Gasteiger charge is -2.40. The molecular weight excluding hydrogens is 250 g/mol. The van der Waals surface area contributed by atoms with Crippen molar-refractivity contribution < 1.29 is 9.90 Å². The van der Waals surface area contributed by atoms with Crippen molar-refractivity contribution in [2.75, 3.05) is 5.32 Å². The van der Waals surface area contributed by atoms with Crippen LogP contribution in [0.3, 0.4) is 0 Å². The van der Waals surface area contributed by atoms with E-state index in [2.05, 4.69) is 26.1 Å². The van der Waals surface area contributed by atoms with Gasteiger partial charge in [0.1, 0.15) is 0 Å². The fourth-order valence-corrected chi connectivity index (χ4v) is 3.70. The summed E-state index contributed by atoms with van der Waals surface area (Å²) in [6.07, 6.45) is 3.55. The Hall–Kier alpha value is -1.51. The summed E-state index contributed by atoms with van der Waals surface area (Å²) in [5.41, 5.74) is 2.53. The van der Waals surface area contributed by atoms with Crippen molar-refractivity contribution in [1.29, 1.82) is 0 Å². The van der Waals surface area contributed by atoms with Gasteiger partial charge in [-0.15, -0.1) is 0 Å². The van der Waals surface area contributed by atoms with Gasteiger partial charge in [-0.3, -0.25) is 0 Å². The fraction of sp³-hybridized carbons (Fsp3) is 0.588. The van der Waals surface area contributed by atoms with E-state index in [1.165, 1.54) is 6.42 Å². The van der Waals surface area contributed by atoms with E-state index < -0.39 is 5.97 Å². The van der Waals surface area contributed by atoms with Crippen LogP contribution < -0.4 is 5.32 Å². The molecule has 0 aromatic heterocycles. The predicted molar refractivity (Wildman–Crippen MR) is 82.3 cm³/mol. The third kappa shape index (κ3) is 3.33. The summed E-state index contributed by atoms with van der Waals surface area (Å²) >= 11 is 0. The molecular formula is C17H25NO2. The first-order chi connectivity index (χ1) is 9.28. The molecule has 2 atom stereocenters. The average Bonchev–Trinajstić information content (AvgIpc) is 2.28. The van der Waals surface area contributed by atoms with Gasteiger partial charge in [-0.2, -0.15) is 0 Å². The highest BCUT2D eigenvalue weighted by molar-refractivity contribution is 5.91. The summed E-state index contributed by atoms with van der Waals surface area (Å²) in [5.74, 6) is -0.150. The monoisotopic (exact) mass is 275 g/mol. The summed E-state index contributed by atoms with van der Waals surface area (Å²) in [6, 6.07) is 5.89. The molecule has 0 amide bonds. The zero-order valence-corrected chi connectivity index (χ0v) is 12.9. The Balaban J connectivity index is 2.18.